The van der Waals surface area contributed by atoms with Gasteiger partial charge < -0.3 is 5.32 Å². The van der Waals surface area contributed by atoms with Crippen molar-refractivity contribution in [3.8, 4) is 0 Å². The van der Waals surface area contributed by atoms with E-state index in [0.29, 0.717) is 11.6 Å². The van der Waals surface area contributed by atoms with Crippen LogP contribution in [0.25, 0.3) is 0 Å². The Morgan fingerprint density at radius 3 is 2.38 bits per heavy atom. The third kappa shape index (κ3) is 6.15. The number of nitrogens with zero attached hydrogens (tertiary/aromatic N) is 1. The van der Waals surface area contributed by atoms with Gasteiger partial charge >= 0.3 is 6.18 Å². The number of sulfonamides is 1. The van der Waals surface area contributed by atoms with E-state index in [1.165, 1.54) is 23.5 Å². The van der Waals surface area contributed by atoms with E-state index in [1.54, 1.807) is 12.1 Å². The molecule has 0 aliphatic heterocycles. The molecule has 32 heavy (non-hydrogen) atoms. The lowest BCUT2D eigenvalue weighted by atomic mass is 10.2. The number of hydrogen-bond donors (Lipinski definition) is 1. The van der Waals surface area contributed by atoms with Crippen LogP contribution in [0.1, 0.15) is 16.0 Å². The lowest BCUT2D eigenvalue weighted by Gasteiger charge is -2.22. The number of carbonyl (C=O) groups excluding carboxylic acids is 1. The molecular weight excluding hydrogens is 468 g/mol. The first-order chi connectivity index (χ1) is 15.1. The summed E-state index contributed by atoms with van der Waals surface area (Å²) in [6.45, 7) is -0.767. The average molecular weight is 487 g/mol. The standard InChI is InChI=1S/C21H18F4N2O3S2/c22-17-8-6-15(7-9-17)13-27(14-20(28)26-12-18-4-2-10-31-18)32(29,30)19-5-1-3-16(11-19)21(23,24)25/h1-11H,12-14H2,(H,26,28). The summed E-state index contributed by atoms with van der Waals surface area (Å²) in [4.78, 5) is 12.7. The molecule has 0 saturated carbocycles. The monoisotopic (exact) mass is 486 g/mol. The Balaban J connectivity index is 1.87. The predicted molar refractivity (Wildman–Crippen MR) is 112 cm³/mol. The zero-order valence-corrected chi connectivity index (χ0v) is 18.1. The zero-order chi connectivity index (χ0) is 23.4. The molecule has 0 aliphatic rings. The van der Waals surface area contributed by atoms with Crippen molar-refractivity contribution >= 4 is 27.3 Å². The highest BCUT2D eigenvalue weighted by molar-refractivity contribution is 7.89. The van der Waals surface area contributed by atoms with Gasteiger partial charge in [-0.1, -0.05) is 24.3 Å². The first kappa shape index (κ1) is 23.9. The van der Waals surface area contributed by atoms with Gasteiger partial charge in [0.15, 0.2) is 0 Å². The van der Waals surface area contributed by atoms with E-state index < -0.39 is 44.9 Å². The van der Waals surface area contributed by atoms with Gasteiger partial charge in [-0.15, -0.1) is 11.3 Å². The van der Waals surface area contributed by atoms with Crippen molar-refractivity contribution in [3.05, 3.63) is 87.9 Å². The normalized spacial score (nSPS) is 12.2. The Morgan fingerprint density at radius 1 is 1.03 bits per heavy atom. The van der Waals surface area contributed by atoms with E-state index in [-0.39, 0.29) is 13.1 Å². The molecule has 170 valence electrons. The number of hydrogen-bond acceptors (Lipinski definition) is 4. The van der Waals surface area contributed by atoms with Crippen LogP contribution in [0.4, 0.5) is 17.6 Å². The second kappa shape index (κ2) is 9.80. The summed E-state index contributed by atoms with van der Waals surface area (Å²) in [7, 11) is -4.48. The van der Waals surface area contributed by atoms with Gasteiger partial charge in [0.25, 0.3) is 0 Å². The lowest BCUT2D eigenvalue weighted by Crippen LogP contribution is -2.40. The van der Waals surface area contributed by atoms with E-state index in [1.807, 2.05) is 5.38 Å². The summed E-state index contributed by atoms with van der Waals surface area (Å²) in [6.07, 6.45) is -4.73. The minimum atomic E-state index is -4.73. The maximum Gasteiger partial charge on any atom is 0.416 e. The van der Waals surface area contributed by atoms with Crippen LogP contribution < -0.4 is 5.32 Å². The molecule has 0 atom stereocenters. The Kier molecular flexibility index (Phi) is 7.32. The number of amides is 1. The number of rotatable bonds is 8. The summed E-state index contributed by atoms with van der Waals surface area (Å²) in [5.74, 6) is -1.16. The smallest absolute Gasteiger partial charge is 0.350 e. The van der Waals surface area contributed by atoms with Crippen molar-refractivity contribution in [2.24, 2.45) is 0 Å². The van der Waals surface area contributed by atoms with Crippen LogP contribution in [-0.4, -0.2) is 25.2 Å². The number of benzene rings is 2. The minimum Gasteiger partial charge on any atom is -0.350 e. The second-order valence-electron chi connectivity index (χ2n) is 6.78. The van der Waals surface area contributed by atoms with E-state index in [2.05, 4.69) is 5.32 Å². The summed E-state index contributed by atoms with van der Waals surface area (Å²) >= 11 is 1.41. The molecule has 1 heterocycles. The van der Waals surface area contributed by atoms with Crippen molar-refractivity contribution in [1.29, 1.82) is 0 Å². The number of nitrogens with one attached hydrogen (secondary N) is 1. The number of alkyl halides is 3. The largest absolute Gasteiger partial charge is 0.416 e. The molecule has 0 fully saturated rings. The zero-order valence-electron chi connectivity index (χ0n) is 16.5. The first-order valence-corrected chi connectivity index (χ1v) is 11.6. The molecule has 2 aromatic carbocycles. The van der Waals surface area contributed by atoms with Crippen LogP contribution >= 0.6 is 11.3 Å². The highest BCUT2D eigenvalue weighted by Crippen LogP contribution is 2.31. The third-order valence-electron chi connectivity index (χ3n) is 4.43. The topological polar surface area (TPSA) is 66.5 Å². The number of carbonyl (C=O) groups is 1. The van der Waals surface area contributed by atoms with Gasteiger partial charge in [0.05, 0.1) is 23.5 Å². The van der Waals surface area contributed by atoms with Gasteiger partial charge in [0.2, 0.25) is 15.9 Å². The second-order valence-corrected chi connectivity index (χ2v) is 9.75. The number of thiophene rings is 1. The fourth-order valence-electron chi connectivity index (χ4n) is 2.82. The Hall–Kier alpha value is -2.76. The fraction of sp³-hybridized carbons (Fsp3) is 0.190. The molecule has 0 radical (unpaired) electrons. The molecule has 0 unspecified atom stereocenters. The molecule has 0 spiro atoms. The van der Waals surface area contributed by atoms with Crippen LogP contribution in [0.2, 0.25) is 0 Å². The summed E-state index contributed by atoms with van der Waals surface area (Å²) < 4.78 is 79.5. The highest BCUT2D eigenvalue weighted by Gasteiger charge is 2.33. The lowest BCUT2D eigenvalue weighted by molar-refractivity contribution is -0.137. The molecule has 0 saturated heterocycles. The van der Waals surface area contributed by atoms with Crippen molar-refractivity contribution < 1.29 is 30.8 Å². The molecule has 3 rings (SSSR count). The molecule has 11 heteroatoms. The molecule has 0 bridgehead atoms. The van der Waals surface area contributed by atoms with Gasteiger partial charge in [-0.3, -0.25) is 4.79 Å². The highest BCUT2D eigenvalue weighted by atomic mass is 32.2. The minimum absolute atomic E-state index is 0.185. The van der Waals surface area contributed by atoms with Gasteiger partial charge in [-0.25, -0.2) is 12.8 Å². The third-order valence-corrected chi connectivity index (χ3v) is 7.10. The molecule has 5 nitrogen and oxygen atoms in total. The maximum atomic E-state index is 13.2. The molecular formula is C21H18F4N2O3S2. The number of halogens is 4. The van der Waals surface area contributed by atoms with Crippen LogP contribution in [0.15, 0.2) is 70.9 Å². The van der Waals surface area contributed by atoms with Crippen molar-refractivity contribution in [1.82, 2.24) is 9.62 Å². The molecule has 1 amide bonds. The van der Waals surface area contributed by atoms with E-state index in [0.717, 1.165) is 39.5 Å². The quantitative estimate of drug-likeness (QED) is 0.480. The van der Waals surface area contributed by atoms with Crippen molar-refractivity contribution in [2.75, 3.05) is 6.54 Å². The van der Waals surface area contributed by atoms with Crippen molar-refractivity contribution in [2.45, 2.75) is 24.2 Å². The van der Waals surface area contributed by atoms with E-state index in [9.17, 15) is 30.8 Å². The molecule has 1 N–H and O–H groups in total. The SMILES string of the molecule is O=C(CN(Cc1ccc(F)cc1)S(=O)(=O)c1cccc(C(F)(F)F)c1)NCc1cccs1. The van der Waals surface area contributed by atoms with Crippen LogP contribution in [0.5, 0.6) is 0 Å². The van der Waals surface area contributed by atoms with Gasteiger partial charge in [0.1, 0.15) is 5.82 Å². The predicted octanol–water partition coefficient (Wildman–Crippen LogP) is 4.41. The summed E-state index contributed by atoms with van der Waals surface area (Å²) in [5, 5.41) is 4.41. The van der Waals surface area contributed by atoms with Gasteiger partial charge in [0, 0.05) is 11.4 Å². The molecule has 0 aliphatic carbocycles. The summed E-state index contributed by atoms with van der Waals surface area (Å²) in [5.41, 5.74) is -0.754. The fourth-order valence-corrected chi connectivity index (χ4v) is 4.89. The first-order valence-electron chi connectivity index (χ1n) is 9.26. The van der Waals surface area contributed by atoms with Gasteiger partial charge in [-0.05, 0) is 47.3 Å². The molecule has 1 aromatic heterocycles. The Labute approximate surface area is 186 Å². The summed E-state index contributed by atoms with van der Waals surface area (Å²) in [6, 6.07) is 11.8. The average Bonchev–Trinajstić information content (AvgIpc) is 3.26. The van der Waals surface area contributed by atoms with Crippen LogP contribution in [-0.2, 0) is 34.1 Å². The van der Waals surface area contributed by atoms with Crippen molar-refractivity contribution in [3.63, 3.8) is 0 Å². The Morgan fingerprint density at radius 2 is 1.75 bits per heavy atom. The van der Waals surface area contributed by atoms with Crippen LogP contribution in [0, 0.1) is 5.82 Å². The maximum absolute atomic E-state index is 13.2. The Bertz CT molecular complexity index is 1160. The van der Waals surface area contributed by atoms with Gasteiger partial charge in [-0.2, -0.15) is 17.5 Å². The van der Waals surface area contributed by atoms with E-state index >= 15 is 0 Å². The van der Waals surface area contributed by atoms with Crippen LogP contribution in [0.3, 0.4) is 0 Å². The van der Waals surface area contributed by atoms with E-state index in [4.69, 9.17) is 0 Å². The molecule has 3 aromatic rings.